The smallest absolute Gasteiger partial charge is 0.342 e. The monoisotopic (exact) mass is 333 g/mol. The molecule has 0 amide bonds. The van der Waals surface area contributed by atoms with Gasteiger partial charge in [-0.2, -0.15) is 0 Å². The lowest BCUT2D eigenvalue weighted by atomic mass is 10.1. The molecule has 2 aromatic rings. The number of nitrogens with zero attached hydrogens (tertiary/aromatic N) is 2. The van der Waals surface area contributed by atoms with Crippen LogP contribution < -0.4 is 0 Å². The Morgan fingerprint density at radius 2 is 1.96 bits per heavy atom. The minimum absolute atomic E-state index is 0.0510. The third kappa shape index (κ3) is 4.68. The Kier molecular flexibility index (Phi) is 5.53. The van der Waals surface area contributed by atoms with Crippen molar-refractivity contribution < 1.29 is 19.8 Å². The van der Waals surface area contributed by atoms with E-state index in [-0.39, 0.29) is 10.5 Å². The van der Waals surface area contributed by atoms with E-state index in [1.165, 1.54) is 18.2 Å². The van der Waals surface area contributed by atoms with E-state index >= 15 is 0 Å². The van der Waals surface area contributed by atoms with Crippen LogP contribution in [0.2, 0.25) is 0 Å². The molecule has 0 radical (unpaired) electrons. The zero-order valence-corrected chi connectivity index (χ0v) is 13.1. The highest BCUT2D eigenvalue weighted by atomic mass is 32.2. The maximum Gasteiger partial charge on any atom is 0.342 e. The average Bonchev–Trinajstić information content (AvgIpc) is 2.95. The Balaban J connectivity index is 2.19. The minimum atomic E-state index is -1.10. The van der Waals surface area contributed by atoms with Gasteiger partial charge in [-0.1, -0.05) is 19.1 Å². The van der Waals surface area contributed by atoms with Crippen LogP contribution >= 0.6 is 11.8 Å². The average molecular weight is 333 g/mol. The minimum Gasteiger partial charge on any atom is -0.478 e. The van der Waals surface area contributed by atoms with Gasteiger partial charge in [0.25, 0.3) is 0 Å². The van der Waals surface area contributed by atoms with Crippen molar-refractivity contribution in [2.24, 2.45) is 0 Å². The summed E-state index contributed by atoms with van der Waals surface area (Å²) in [6.45, 7) is 2.01. The summed E-state index contributed by atoms with van der Waals surface area (Å²) in [5, 5.41) is 25.2. The number of aromatic amines is 1. The Hall–Kier alpha value is -2.61. The van der Waals surface area contributed by atoms with Crippen molar-refractivity contribution in [3.63, 3.8) is 0 Å². The highest BCUT2D eigenvalue weighted by Gasteiger charge is 2.13. The molecule has 0 aliphatic heterocycles. The number of rotatable bonds is 7. The largest absolute Gasteiger partial charge is 0.478 e. The number of thioether (sulfide) groups is 1. The summed E-state index contributed by atoms with van der Waals surface area (Å²) in [7, 11) is 0. The standard InChI is InChI=1S/C15H15N3O4S/c1-2-3-12-16-15(18-17-12)23-11(14(21)22)8-9-4-6-10(7-5-9)13(19)20/h4-8H,2-3H2,1H3,(H,19,20)(H,21,22)(H,16,17,18)/b11-8+. The molecule has 0 fully saturated rings. The van der Waals surface area contributed by atoms with Crippen LogP contribution in [0.4, 0.5) is 0 Å². The first-order valence-corrected chi connectivity index (χ1v) is 7.68. The number of H-pyrrole nitrogens is 1. The second-order valence-corrected chi connectivity index (χ2v) is 5.67. The van der Waals surface area contributed by atoms with Crippen LogP contribution in [0, 0.1) is 0 Å². The molecular formula is C15H15N3O4S. The van der Waals surface area contributed by atoms with Crippen LogP contribution in [0.1, 0.15) is 35.1 Å². The van der Waals surface area contributed by atoms with Gasteiger partial charge in [0.05, 0.1) is 5.56 Å². The maximum atomic E-state index is 11.4. The predicted octanol–water partition coefficient (Wildman–Crippen LogP) is 2.67. The second kappa shape index (κ2) is 7.59. The zero-order valence-electron chi connectivity index (χ0n) is 12.3. The summed E-state index contributed by atoms with van der Waals surface area (Å²) in [5.41, 5.74) is 0.731. The van der Waals surface area contributed by atoms with Crippen LogP contribution in [0.25, 0.3) is 6.08 Å². The highest BCUT2D eigenvalue weighted by molar-refractivity contribution is 8.04. The lowest BCUT2D eigenvalue weighted by molar-refractivity contribution is -0.131. The van der Waals surface area contributed by atoms with Crippen LogP contribution in [0.3, 0.4) is 0 Å². The second-order valence-electron chi connectivity index (χ2n) is 4.66. The number of nitrogens with one attached hydrogen (secondary N) is 1. The highest BCUT2D eigenvalue weighted by Crippen LogP contribution is 2.26. The van der Waals surface area contributed by atoms with Crippen molar-refractivity contribution in [3.05, 3.63) is 46.1 Å². The molecular weight excluding hydrogens is 318 g/mol. The number of carboxylic acid groups (broad SMARTS) is 2. The number of hydrogen-bond acceptors (Lipinski definition) is 5. The quantitative estimate of drug-likeness (QED) is 0.527. The summed E-state index contributed by atoms with van der Waals surface area (Å²) in [6, 6.07) is 5.94. The van der Waals surface area contributed by atoms with Gasteiger partial charge in [0.2, 0.25) is 5.16 Å². The Morgan fingerprint density at radius 1 is 1.26 bits per heavy atom. The molecule has 1 aromatic heterocycles. The Labute approximate surface area is 136 Å². The van der Waals surface area contributed by atoms with Crippen molar-refractivity contribution >= 4 is 29.8 Å². The molecule has 0 saturated heterocycles. The lowest BCUT2D eigenvalue weighted by Crippen LogP contribution is -1.98. The molecule has 0 aliphatic rings. The van der Waals surface area contributed by atoms with E-state index in [4.69, 9.17) is 5.11 Å². The normalized spacial score (nSPS) is 11.4. The summed E-state index contributed by atoms with van der Waals surface area (Å²) in [4.78, 5) is 26.4. The molecule has 3 N–H and O–H groups in total. The first-order chi connectivity index (χ1) is 11.0. The fourth-order valence-electron chi connectivity index (χ4n) is 1.78. The van der Waals surface area contributed by atoms with Gasteiger partial charge in [-0.25, -0.2) is 14.6 Å². The van der Waals surface area contributed by atoms with Gasteiger partial charge in [-0.3, -0.25) is 5.10 Å². The van der Waals surface area contributed by atoms with Gasteiger partial charge in [0.1, 0.15) is 10.7 Å². The SMILES string of the molecule is CCCc1nc(S/C(=C/c2ccc(C(=O)O)cc2)C(=O)O)n[nH]1. The van der Waals surface area contributed by atoms with Gasteiger partial charge < -0.3 is 10.2 Å². The van der Waals surface area contributed by atoms with Crippen molar-refractivity contribution in [3.8, 4) is 0 Å². The molecule has 0 unspecified atom stereocenters. The number of carbonyl (C=O) groups is 2. The van der Waals surface area contributed by atoms with Gasteiger partial charge in [0, 0.05) is 6.42 Å². The number of benzene rings is 1. The molecule has 0 spiro atoms. The van der Waals surface area contributed by atoms with E-state index in [9.17, 15) is 14.7 Å². The summed E-state index contributed by atoms with van der Waals surface area (Å²) in [6.07, 6.45) is 3.11. The molecule has 0 aliphatic carbocycles. The van der Waals surface area contributed by atoms with Gasteiger partial charge in [-0.15, -0.1) is 5.10 Å². The topological polar surface area (TPSA) is 116 Å². The van der Waals surface area contributed by atoms with Crippen molar-refractivity contribution in [1.29, 1.82) is 0 Å². The molecule has 23 heavy (non-hydrogen) atoms. The number of aliphatic carboxylic acids is 1. The van der Waals surface area contributed by atoms with E-state index in [0.717, 1.165) is 24.6 Å². The fraction of sp³-hybridized carbons (Fsp3) is 0.200. The Morgan fingerprint density at radius 3 is 2.52 bits per heavy atom. The van der Waals surface area contributed by atoms with Gasteiger partial charge >= 0.3 is 11.9 Å². The summed E-state index contributed by atoms with van der Waals surface area (Å²) >= 11 is 0.941. The van der Waals surface area contributed by atoms with Crippen LogP contribution in [0.5, 0.6) is 0 Å². The molecule has 1 heterocycles. The fourth-order valence-corrected chi connectivity index (χ4v) is 2.50. The van der Waals surface area contributed by atoms with Gasteiger partial charge in [0.15, 0.2) is 0 Å². The van der Waals surface area contributed by atoms with Crippen molar-refractivity contribution in [2.75, 3.05) is 0 Å². The Bertz CT molecular complexity index is 737. The number of aromatic carboxylic acids is 1. The van der Waals surface area contributed by atoms with E-state index < -0.39 is 11.9 Å². The number of carboxylic acids is 2. The van der Waals surface area contributed by atoms with Crippen molar-refractivity contribution in [2.45, 2.75) is 24.9 Å². The molecule has 120 valence electrons. The van der Waals surface area contributed by atoms with Crippen LogP contribution in [-0.4, -0.2) is 37.3 Å². The molecule has 0 bridgehead atoms. The molecule has 7 nitrogen and oxygen atoms in total. The summed E-state index contributed by atoms with van der Waals surface area (Å²) in [5.74, 6) is -1.41. The van der Waals surface area contributed by atoms with E-state index in [1.807, 2.05) is 6.92 Å². The first-order valence-electron chi connectivity index (χ1n) is 6.87. The maximum absolute atomic E-state index is 11.4. The molecule has 2 rings (SSSR count). The van der Waals surface area contributed by atoms with E-state index in [1.54, 1.807) is 12.1 Å². The number of aryl methyl sites for hydroxylation is 1. The van der Waals surface area contributed by atoms with E-state index in [2.05, 4.69) is 15.2 Å². The first kappa shape index (κ1) is 16.8. The third-order valence-corrected chi connectivity index (χ3v) is 3.74. The van der Waals surface area contributed by atoms with Crippen molar-refractivity contribution in [1.82, 2.24) is 15.2 Å². The molecule has 1 aromatic carbocycles. The van der Waals surface area contributed by atoms with Gasteiger partial charge in [-0.05, 0) is 42.0 Å². The molecule has 0 saturated carbocycles. The number of aromatic nitrogens is 3. The molecule has 0 atom stereocenters. The zero-order chi connectivity index (χ0) is 16.8. The third-order valence-electron chi connectivity index (χ3n) is 2.87. The molecule has 8 heteroatoms. The predicted molar refractivity (Wildman–Crippen MR) is 85.2 cm³/mol. The van der Waals surface area contributed by atoms with Crippen LogP contribution in [-0.2, 0) is 11.2 Å². The lowest BCUT2D eigenvalue weighted by Gasteiger charge is -2.00. The van der Waals surface area contributed by atoms with E-state index in [0.29, 0.717) is 16.5 Å². The number of hydrogen-bond donors (Lipinski definition) is 3. The summed E-state index contributed by atoms with van der Waals surface area (Å²) < 4.78 is 0. The van der Waals surface area contributed by atoms with Crippen LogP contribution in [0.15, 0.2) is 34.3 Å².